The second-order valence-electron chi connectivity index (χ2n) is 6.69. The van der Waals surface area contributed by atoms with Gasteiger partial charge >= 0.3 is 0 Å². The van der Waals surface area contributed by atoms with Crippen LogP contribution in [0.2, 0.25) is 0 Å². The molecule has 1 N–H and O–H groups in total. The van der Waals surface area contributed by atoms with Crippen LogP contribution >= 0.6 is 0 Å². The zero-order valence-corrected chi connectivity index (χ0v) is 13.8. The molecule has 5 nitrogen and oxygen atoms in total. The van der Waals surface area contributed by atoms with Crippen molar-refractivity contribution in [2.45, 2.75) is 45.1 Å². The Kier molecular flexibility index (Phi) is 3.71. The minimum absolute atomic E-state index is 0.00834. The van der Waals surface area contributed by atoms with Crippen LogP contribution in [0.5, 0.6) is 0 Å². The summed E-state index contributed by atoms with van der Waals surface area (Å²) in [4.78, 5) is 34.6. The van der Waals surface area contributed by atoms with Crippen molar-refractivity contribution < 1.29 is 9.59 Å². The summed E-state index contributed by atoms with van der Waals surface area (Å²) in [6, 6.07) is 4.05. The summed E-state index contributed by atoms with van der Waals surface area (Å²) in [6.07, 6.45) is 7.81. The molecule has 1 saturated heterocycles. The molecule has 0 radical (unpaired) electrons. The third-order valence-corrected chi connectivity index (χ3v) is 5.26. The number of Topliss-reactive ketones (excluding diaryl/α,β-unsaturated/α-hetero) is 1. The predicted molar refractivity (Wildman–Crippen MR) is 90.0 cm³/mol. The maximum Gasteiger partial charge on any atom is 0.271 e. The van der Waals surface area contributed by atoms with E-state index in [2.05, 4.69) is 9.97 Å². The summed E-state index contributed by atoms with van der Waals surface area (Å²) < 4.78 is 0. The van der Waals surface area contributed by atoms with Gasteiger partial charge in [-0.05, 0) is 55.9 Å². The average Bonchev–Trinajstić information content (AvgIpc) is 3.21. The summed E-state index contributed by atoms with van der Waals surface area (Å²) in [5.41, 5.74) is 4.23. The highest BCUT2D eigenvalue weighted by Crippen LogP contribution is 2.34. The lowest BCUT2D eigenvalue weighted by molar-refractivity contribution is 0.0729. The molecule has 1 atom stereocenters. The molecule has 5 heteroatoms. The Labute approximate surface area is 141 Å². The number of nitrogens with zero attached hydrogens (tertiary/aromatic N) is 2. The quantitative estimate of drug-likeness (QED) is 0.923. The number of hydrogen-bond donors (Lipinski definition) is 1. The minimum Gasteiger partial charge on any atom is -0.354 e. The Bertz CT molecular complexity index is 794. The molecule has 2 aliphatic rings. The maximum atomic E-state index is 13.1. The van der Waals surface area contributed by atoms with E-state index in [4.69, 9.17) is 0 Å². The molecule has 1 amide bonds. The standard InChI is InChI=1S/C19H21N3O2/c1-12-17-14(4-2-6-16(17)23)21-18(12)19(24)22-11-3-5-15(22)13-7-9-20-10-8-13/h7-10,15,21H,2-6,11H2,1H3/t15-/m0/s1. The van der Waals surface area contributed by atoms with E-state index in [9.17, 15) is 9.59 Å². The molecule has 0 unspecified atom stereocenters. The number of carbonyl (C=O) groups excluding carboxylic acids is 2. The molecule has 3 heterocycles. The predicted octanol–water partition coefficient (Wildman–Crippen LogP) is 3.21. The number of nitrogens with one attached hydrogen (secondary N) is 1. The first-order valence-corrected chi connectivity index (χ1v) is 8.62. The SMILES string of the molecule is Cc1c(C(=O)N2CCC[C@H]2c2ccncc2)[nH]c2c1C(=O)CCC2. The molecule has 24 heavy (non-hydrogen) atoms. The molecule has 1 aliphatic heterocycles. The van der Waals surface area contributed by atoms with Crippen molar-refractivity contribution in [1.82, 2.24) is 14.9 Å². The lowest BCUT2D eigenvalue weighted by atomic mass is 9.93. The topological polar surface area (TPSA) is 66.1 Å². The summed E-state index contributed by atoms with van der Waals surface area (Å²) in [5.74, 6) is 0.171. The minimum atomic E-state index is 0.00834. The molecule has 124 valence electrons. The van der Waals surface area contributed by atoms with Gasteiger partial charge in [-0.3, -0.25) is 14.6 Å². The average molecular weight is 323 g/mol. The van der Waals surface area contributed by atoms with E-state index >= 15 is 0 Å². The molecule has 0 aromatic carbocycles. The van der Waals surface area contributed by atoms with E-state index < -0.39 is 0 Å². The number of likely N-dealkylation sites (tertiary alicyclic amines) is 1. The van der Waals surface area contributed by atoms with Crippen LogP contribution in [0.3, 0.4) is 0 Å². The molecule has 2 aromatic rings. The first-order chi connectivity index (χ1) is 11.7. The van der Waals surface area contributed by atoms with Crippen LogP contribution in [0.25, 0.3) is 0 Å². The number of ketones is 1. The molecule has 0 saturated carbocycles. The second kappa shape index (κ2) is 5.89. The van der Waals surface area contributed by atoms with Crippen molar-refractivity contribution in [2.24, 2.45) is 0 Å². The molecule has 1 aliphatic carbocycles. The fourth-order valence-electron chi connectivity index (χ4n) is 4.07. The zero-order chi connectivity index (χ0) is 16.7. The van der Waals surface area contributed by atoms with Gasteiger partial charge in [0.1, 0.15) is 5.69 Å². The summed E-state index contributed by atoms with van der Waals surface area (Å²) in [6.45, 7) is 2.65. The van der Waals surface area contributed by atoms with E-state index in [1.165, 1.54) is 0 Å². The number of rotatable bonds is 2. The summed E-state index contributed by atoms with van der Waals surface area (Å²) in [5, 5.41) is 0. The molecule has 0 bridgehead atoms. The number of pyridine rings is 1. The van der Waals surface area contributed by atoms with Gasteiger partial charge in [-0.2, -0.15) is 0 Å². The van der Waals surface area contributed by atoms with Gasteiger partial charge in [0.05, 0.1) is 6.04 Å². The fourth-order valence-corrected chi connectivity index (χ4v) is 4.07. The van der Waals surface area contributed by atoms with Crippen LogP contribution in [0.1, 0.15) is 69.4 Å². The van der Waals surface area contributed by atoms with E-state index in [0.717, 1.165) is 54.6 Å². The number of fused-ring (bicyclic) bond motifs is 1. The summed E-state index contributed by atoms with van der Waals surface area (Å²) >= 11 is 0. The third kappa shape index (κ3) is 2.35. The van der Waals surface area contributed by atoms with Gasteiger partial charge in [0.2, 0.25) is 0 Å². The van der Waals surface area contributed by atoms with Crippen molar-refractivity contribution in [3.63, 3.8) is 0 Å². The number of carbonyl (C=O) groups is 2. The second-order valence-corrected chi connectivity index (χ2v) is 6.69. The van der Waals surface area contributed by atoms with Gasteiger partial charge in [-0.15, -0.1) is 0 Å². The van der Waals surface area contributed by atoms with Gasteiger partial charge in [0.15, 0.2) is 5.78 Å². The van der Waals surface area contributed by atoms with Gasteiger partial charge < -0.3 is 9.88 Å². The van der Waals surface area contributed by atoms with Crippen LogP contribution < -0.4 is 0 Å². The number of aryl methyl sites for hydroxylation is 1. The number of aromatic amines is 1. The van der Waals surface area contributed by atoms with Gasteiger partial charge in [0.25, 0.3) is 5.91 Å². The van der Waals surface area contributed by atoms with E-state index in [1.54, 1.807) is 12.4 Å². The van der Waals surface area contributed by atoms with Crippen molar-refractivity contribution in [3.05, 3.63) is 52.6 Å². The highest BCUT2D eigenvalue weighted by atomic mass is 16.2. The van der Waals surface area contributed by atoms with E-state index in [1.807, 2.05) is 24.0 Å². The Hall–Kier alpha value is -2.43. The van der Waals surface area contributed by atoms with Gasteiger partial charge in [-0.25, -0.2) is 0 Å². The van der Waals surface area contributed by atoms with Crippen LogP contribution in [0.15, 0.2) is 24.5 Å². The van der Waals surface area contributed by atoms with Crippen LogP contribution in [0, 0.1) is 6.92 Å². The smallest absolute Gasteiger partial charge is 0.271 e. The first-order valence-electron chi connectivity index (χ1n) is 8.62. The monoisotopic (exact) mass is 323 g/mol. The number of amides is 1. The van der Waals surface area contributed by atoms with Crippen molar-refractivity contribution in [1.29, 1.82) is 0 Å². The van der Waals surface area contributed by atoms with Gasteiger partial charge in [-0.1, -0.05) is 0 Å². The van der Waals surface area contributed by atoms with Crippen LogP contribution in [-0.2, 0) is 6.42 Å². The number of H-pyrrole nitrogens is 1. The Morgan fingerprint density at radius 2 is 2.04 bits per heavy atom. The van der Waals surface area contributed by atoms with Crippen LogP contribution in [-0.4, -0.2) is 33.1 Å². The molecular weight excluding hydrogens is 302 g/mol. The molecule has 1 fully saturated rings. The molecule has 2 aromatic heterocycles. The number of hydrogen-bond acceptors (Lipinski definition) is 3. The molecule has 4 rings (SSSR count). The fraction of sp³-hybridized carbons (Fsp3) is 0.421. The first kappa shape index (κ1) is 15.1. The largest absolute Gasteiger partial charge is 0.354 e. The van der Waals surface area contributed by atoms with Gasteiger partial charge in [0, 0.05) is 36.6 Å². The van der Waals surface area contributed by atoms with Crippen molar-refractivity contribution >= 4 is 11.7 Å². The molecule has 0 spiro atoms. The lowest BCUT2D eigenvalue weighted by Crippen LogP contribution is -2.31. The highest BCUT2D eigenvalue weighted by molar-refractivity contribution is 6.04. The Balaban J connectivity index is 1.68. The highest BCUT2D eigenvalue weighted by Gasteiger charge is 2.34. The number of aromatic nitrogens is 2. The summed E-state index contributed by atoms with van der Waals surface area (Å²) in [7, 11) is 0. The van der Waals surface area contributed by atoms with E-state index in [-0.39, 0.29) is 17.7 Å². The van der Waals surface area contributed by atoms with Crippen LogP contribution in [0.4, 0.5) is 0 Å². The zero-order valence-electron chi connectivity index (χ0n) is 13.8. The normalized spacial score (nSPS) is 20.3. The third-order valence-electron chi connectivity index (χ3n) is 5.26. The molecular formula is C19H21N3O2. The Morgan fingerprint density at radius 3 is 2.79 bits per heavy atom. The Morgan fingerprint density at radius 1 is 1.25 bits per heavy atom. The lowest BCUT2D eigenvalue weighted by Gasteiger charge is -2.25. The maximum absolute atomic E-state index is 13.1. The van der Waals surface area contributed by atoms with Crippen molar-refractivity contribution in [3.8, 4) is 0 Å². The van der Waals surface area contributed by atoms with E-state index in [0.29, 0.717) is 12.1 Å². The van der Waals surface area contributed by atoms with Crippen molar-refractivity contribution in [2.75, 3.05) is 6.54 Å².